The number of halogens is 1. The Hall–Kier alpha value is -1.57. The minimum absolute atomic E-state index is 0.130. The molecule has 150 valence electrons. The van der Waals surface area contributed by atoms with Gasteiger partial charge in [-0.1, -0.05) is 32.4 Å². The van der Waals surface area contributed by atoms with Crippen molar-refractivity contribution in [1.82, 2.24) is 4.90 Å². The van der Waals surface area contributed by atoms with E-state index in [-0.39, 0.29) is 5.04 Å². The standard InChI is InChI=1S/C19H29ClN2O4Si/c1-19(2,3)27(4,5)26-22(16-11-9-15(20)10-12-16)18(24)25-17(23)21-13-7-6-8-14-21/h9-12H,6-8,13-14H2,1-5H3. The highest BCUT2D eigenvalue weighted by Gasteiger charge is 2.42. The molecule has 0 unspecified atom stereocenters. The van der Waals surface area contributed by atoms with Crippen LogP contribution in [0.25, 0.3) is 0 Å². The van der Waals surface area contributed by atoms with Gasteiger partial charge < -0.3 is 14.2 Å². The number of amides is 2. The lowest BCUT2D eigenvalue weighted by atomic mass is 10.1. The molecule has 8 heteroatoms. The molecule has 0 radical (unpaired) electrons. The Balaban J connectivity index is 2.21. The second-order valence-corrected chi connectivity index (χ2v) is 13.4. The Morgan fingerprint density at radius 3 is 2.15 bits per heavy atom. The molecule has 0 aliphatic carbocycles. The van der Waals surface area contributed by atoms with Gasteiger partial charge in [0.25, 0.3) is 0 Å². The highest BCUT2D eigenvalue weighted by Crippen LogP contribution is 2.38. The van der Waals surface area contributed by atoms with E-state index in [4.69, 9.17) is 20.9 Å². The van der Waals surface area contributed by atoms with Crippen LogP contribution in [-0.2, 0) is 9.26 Å². The van der Waals surface area contributed by atoms with Gasteiger partial charge in [0.05, 0.1) is 5.69 Å². The highest BCUT2D eigenvalue weighted by atomic mass is 35.5. The zero-order valence-corrected chi connectivity index (χ0v) is 18.5. The zero-order valence-electron chi connectivity index (χ0n) is 16.8. The normalized spacial score (nSPS) is 15.4. The van der Waals surface area contributed by atoms with E-state index in [0.717, 1.165) is 24.3 Å². The minimum atomic E-state index is -2.35. The number of piperidine rings is 1. The molecule has 0 aromatic heterocycles. The summed E-state index contributed by atoms with van der Waals surface area (Å²) >= 11 is 5.96. The van der Waals surface area contributed by atoms with Gasteiger partial charge in [-0.15, -0.1) is 0 Å². The third kappa shape index (κ3) is 5.70. The fraction of sp³-hybridized carbons (Fsp3) is 0.579. The first kappa shape index (κ1) is 21.7. The summed E-state index contributed by atoms with van der Waals surface area (Å²) in [6.07, 6.45) is 1.47. The summed E-state index contributed by atoms with van der Waals surface area (Å²) in [6.45, 7) is 11.5. The smallest absolute Gasteiger partial charge is 0.357 e. The number of benzene rings is 1. The maximum Gasteiger partial charge on any atom is 0.446 e. The molecule has 1 fully saturated rings. The molecule has 0 spiro atoms. The van der Waals surface area contributed by atoms with Gasteiger partial charge in [-0.05, 0) is 61.7 Å². The lowest BCUT2D eigenvalue weighted by Crippen LogP contribution is -2.50. The average molecular weight is 413 g/mol. The third-order valence-electron chi connectivity index (χ3n) is 5.14. The number of carbonyl (C=O) groups excluding carboxylic acids is 2. The van der Waals surface area contributed by atoms with Crippen molar-refractivity contribution in [2.24, 2.45) is 0 Å². The maximum absolute atomic E-state index is 12.8. The molecule has 1 heterocycles. The number of ether oxygens (including phenoxy) is 1. The SMILES string of the molecule is CC(C)(C)[Si](C)(C)ON(C(=O)OC(=O)N1CCCCC1)c1ccc(Cl)cc1. The van der Waals surface area contributed by atoms with Crippen LogP contribution in [0.4, 0.5) is 15.3 Å². The molecule has 2 amide bonds. The summed E-state index contributed by atoms with van der Waals surface area (Å²) in [4.78, 5) is 26.7. The molecule has 1 saturated heterocycles. The predicted molar refractivity (Wildman–Crippen MR) is 110 cm³/mol. The predicted octanol–water partition coefficient (Wildman–Crippen LogP) is 5.83. The molecule has 0 saturated carbocycles. The number of anilines is 1. The van der Waals surface area contributed by atoms with Crippen molar-refractivity contribution >= 4 is 37.8 Å². The summed E-state index contributed by atoms with van der Waals surface area (Å²) in [5, 5.41) is 1.51. The maximum atomic E-state index is 12.8. The van der Waals surface area contributed by atoms with Crippen molar-refractivity contribution < 1.29 is 18.9 Å². The van der Waals surface area contributed by atoms with Crippen molar-refractivity contribution in [2.45, 2.75) is 58.2 Å². The van der Waals surface area contributed by atoms with Gasteiger partial charge in [-0.3, -0.25) is 0 Å². The van der Waals surface area contributed by atoms with E-state index in [0.29, 0.717) is 23.8 Å². The summed E-state index contributed by atoms with van der Waals surface area (Å²) in [6, 6.07) is 6.67. The van der Waals surface area contributed by atoms with Crippen LogP contribution in [-0.4, -0.2) is 38.5 Å². The van der Waals surface area contributed by atoms with Crippen LogP contribution in [0.15, 0.2) is 24.3 Å². The van der Waals surface area contributed by atoms with Gasteiger partial charge in [-0.2, -0.15) is 5.06 Å². The zero-order chi connectivity index (χ0) is 20.2. The van der Waals surface area contributed by atoms with E-state index in [9.17, 15) is 9.59 Å². The lowest BCUT2D eigenvalue weighted by Gasteiger charge is -2.39. The number of likely N-dealkylation sites (tertiary alicyclic amines) is 1. The van der Waals surface area contributed by atoms with Gasteiger partial charge >= 0.3 is 12.2 Å². The second-order valence-electron chi connectivity index (χ2n) is 8.30. The number of carbonyl (C=O) groups is 2. The Bertz CT molecular complexity index is 667. The van der Waals surface area contributed by atoms with Crippen LogP contribution >= 0.6 is 11.6 Å². The number of rotatable bonds is 3. The first-order valence-electron chi connectivity index (χ1n) is 9.27. The molecule has 1 aliphatic rings. The van der Waals surface area contributed by atoms with Crippen LogP contribution in [0.2, 0.25) is 23.2 Å². The number of hydroxylamine groups is 1. The van der Waals surface area contributed by atoms with Gasteiger partial charge in [0.15, 0.2) is 0 Å². The van der Waals surface area contributed by atoms with Crippen LogP contribution in [0, 0.1) is 0 Å². The molecule has 0 atom stereocenters. The van der Waals surface area contributed by atoms with Crippen molar-refractivity contribution in [3.63, 3.8) is 0 Å². The van der Waals surface area contributed by atoms with E-state index in [1.165, 1.54) is 0 Å². The van der Waals surface area contributed by atoms with Crippen LogP contribution in [0.5, 0.6) is 0 Å². The summed E-state index contributed by atoms with van der Waals surface area (Å²) in [5.74, 6) is 0. The third-order valence-corrected chi connectivity index (χ3v) is 9.64. The molecule has 1 aromatic rings. The van der Waals surface area contributed by atoms with E-state index in [2.05, 4.69) is 20.8 Å². The molecular formula is C19H29ClN2O4Si. The number of hydrogen-bond acceptors (Lipinski definition) is 4. The van der Waals surface area contributed by atoms with Crippen molar-refractivity contribution in [1.29, 1.82) is 0 Å². The Kier molecular flexibility index (Phi) is 6.94. The highest BCUT2D eigenvalue weighted by molar-refractivity contribution is 6.74. The molecule has 0 N–H and O–H groups in total. The first-order valence-corrected chi connectivity index (χ1v) is 12.6. The van der Waals surface area contributed by atoms with Gasteiger partial charge in [-0.25, -0.2) is 9.59 Å². The van der Waals surface area contributed by atoms with Crippen molar-refractivity contribution in [3.8, 4) is 0 Å². The molecule has 1 aliphatic heterocycles. The molecule has 0 bridgehead atoms. The topological polar surface area (TPSA) is 59.1 Å². The van der Waals surface area contributed by atoms with E-state index >= 15 is 0 Å². The molecule has 1 aromatic carbocycles. The number of hydrogen-bond donors (Lipinski definition) is 0. The van der Waals surface area contributed by atoms with Gasteiger partial charge in [0.2, 0.25) is 8.32 Å². The van der Waals surface area contributed by atoms with Crippen LogP contribution in [0.1, 0.15) is 40.0 Å². The molecule has 27 heavy (non-hydrogen) atoms. The quantitative estimate of drug-likeness (QED) is 0.356. The fourth-order valence-corrected chi connectivity index (χ4v) is 3.43. The second kappa shape index (κ2) is 8.62. The summed E-state index contributed by atoms with van der Waals surface area (Å²) in [7, 11) is -2.35. The Morgan fingerprint density at radius 1 is 1.07 bits per heavy atom. The van der Waals surface area contributed by atoms with Crippen LogP contribution in [0.3, 0.4) is 0 Å². The largest absolute Gasteiger partial charge is 0.446 e. The van der Waals surface area contributed by atoms with E-state index in [1.54, 1.807) is 29.2 Å². The van der Waals surface area contributed by atoms with Crippen molar-refractivity contribution in [3.05, 3.63) is 29.3 Å². The lowest BCUT2D eigenvalue weighted by molar-refractivity contribution is 0.101. The molecular weight excluding hydrogens is 384 g/mol. The Morgan fingerprint density at radius 2 is 1.63 bits per heavy atom. The van der Waals surface area contributed by atoms with Crippen molar-refractivity contribution in [2.75, 3.05) is 18.2 Å². The fourth-order valence-electron chi connectivity index (χ4n) is 2.39. The molecule has 2 rings (SSSR count). The van der Waals surface area contributed by atoms with Gasteiger partial charge in [0, 0.05) is 18.1 Å². The van der Waals surface area contributed by atoms with E-state index in [1.807, 2.05) is 13.1 Å². The monoisotopic (exact) mass is 412 g/mol. The number of nitrogens with zero attached hydrogens (tertiary/aromatic N) is 2. The molecule has 6 nitrogen and oxygen atoms in total. The van der Waals surface area contributed by atoms with Gasteiger partial charge in [0.1, 0.15) is 0 Å². The summed E-state index contributed by atoms with van der Waals surface area (Å²) < 4.78 is 11.3. The first-order chi connectivity index (χ1) is 12.5. The van der Waals surface area contributed by atoms with E-state index < -0.39 is 20.5 Å². The Labute approximate surface area is 167 Å². The summed E-state index contributed by atoms with van der Waals surface area (Å²) in [5.41, 5.74) is 0.473. The average Bonchev–Trinajstić information content (AvgIpc) is 2.60. The minimum Gasteiger partial charge on any atom is -0.357 e. The van der Waals surface area contributed by atoms with Crippen LogP contribution < -0.4 is 5.06 Å².